The first-order valence-electron chi connectivity index (χ1n) is 5.17. The largest absolute Gasteiger partial charge is 0.203 e. The van der Waals surface area contributed by atoms with E-state index in [1.54, 1.807) is 13.0 Å². The van der Waals surface area contributed by atoms with Gasteiger partial charge in [0.25, 0.3) is 0 Å². The molecular formula is C12H5Br2F5S. The van der Waals surface area contributed by atoms with E-state index in [1.807, 2.05) is 0 Å². The minimum Gasteiger partial charge on any atom is -0.203 e. The molecule has 0 saturated heterocycles. The first-order chi connectivity index (χ1) is 9.25. The molecule has 2 rings (SSSR count). The topological polar surface area (TPSA) is 0 Å². The highest BCUT2D eigenvalue weighted by molar-refractivity contribution is 9.11. The van der Waals surface area contributed by atoms with Crippen LogP contribution in [-0.2, 0) is 0 Å². The normalized spacial score (nSPS) is 12.8. The number of halogens is 7. The quantitative estimate of drug-likeness (QED) is 0.235. The van der Waals surface area contributed by atoms with Crippen molar-refractivity contribution >= 4 is 43.2 Å². The molecule has 0 radical (unpaired) electrons. The number of hydrogen-bond acceptors (Lipinski definition) is 1. The molecule has 0 aliphatic carbocycles. The van der Waals surface area contributed by atoms with E-state index in [9.17, 15) is 22.0 Å². The average Bonchev–Trinajstić information content (AvgIpc) is 2.73. The van der Waals surface area contributed by atoms with Gasteiger partial charge in [0.1, 0.15) is 0 Å². The number of thiophene rings is 1. The Bertz CT molecular complexity index is 654. The van der Waals surface area contributed by atoms with Crippen LogP contribution in [0.2, 0.25) is 0 Å². The average molecular weight is 436 g/mol. The highest BCUT2D eigenvalue weighted by atomic mass is 79.9. The molecule has 0 aliphatic heterocycles. The Balaban J connectivity index is 2.67. The van der Waals surface area contributed by atoms with Gasteiger partial charge >= 0.3 is 0 Å². The fourth-order valence-electron chi connectivity index (χ4n) is 1.65. The van der Waals surface area contributed by atoms with Gasteiger partial charge in [-0.05, 0) is 28.9 Å². The Morgan fingerprint density at radius 2 is 1.40 bits per heavy atom. The summed E-state index contributed by atoms with van der Waals surface area (Å²) in [5.74, 6) is -9.73. The highest BCUT2D eigenvalue weighted by Crippen LogP contribution is 2.43. The summed E-state index contributed by atoms with van der Waals surface area (Å²) in [4.78, 5) is 0.117. The maximum absolute atomic E-state index is 13.7. The van der Waals surface area contributed by atoms with Gasteiger partial charge in [0.05, 0.1) is 4.83 Å². The van der Waals surface area contributed by atoms with E-state index in [0.717, 1.165) is 4.88 Å². The summed E-state index contributed by atoms with van der Waals surface area (Å²) in [6, 6.07) is 1.69. The fourth-order valence-corrected chi connectivity index (χ4v) is 4.75. The van der Waals surface area contributed by atoms with Crippen LogP contribution in [0.1, 0.15) is 20.1 Å². The van der Waals surface area contributed by atoms with Gasteiger partial charge in [-0.3, -0.25) is 0 Å². The van der Waals surface area contributed by atoms with Crippen molar-refractivity contribution in [3.05, 3.63) is 54.9 Å². The molecule has 2 aromatic rings. The third-order valence-corrected chi connectivity index (χ3v) is 5.82. The lowest BCUT2D eigenvalue weighted by molar-refractivity contribution is 0.371. The summed E-state index contributed by atoms with van der Waals surface area (Å²) in [6.07, 6.45) is 0. The monoisotopic (exact) mass is 434 g/mol. The Morgan fingerprint density at radius 3 is 1.80 bits per heavy atom. The molecule has 0 fully saturated rings. The minimum absolute atomic E-state index is 0.422. The molecule has 108 valence electrons. The van der Waals surface area contributed by atoms with Crippen LogP contribution in [0.25, 0.3) is 0 Å². The number of hydrogen-bond donors (Lipinski definition) is 0. The predicted octanol–water partition coefficient (Wildman–Crippen LogP) is 6.00. The van der Waals surface area contributed by atoms with Crippen molar-refractivity contribution in [2.75, 3.05) is 0 Å². The van der Waals surface area contributed by atoms with Crippen LogP contribution < -0.4 is 0 Å². The van der Waals surface area contributed by atoms with Crippen molar-refractivity contribution in [3.8, 4) is 0 Å². The van der Waals surface area contributed by atoms with Crippen molar-refractivity contribution in [2.45, 2.75) is 11.8 Å². The molecule has 1 atom stereocenters. The van der Waals surface area contributed by atoms with E-state index in [1.165, 1.54) is 11.3 Å². The predicted molar refractivity (Wildman–Crippen MR) is 73.8 cm³/mol. The third-order valence-electron chi connectivity index (χ3n) is 2.56. The van der Waals surface area contributed by atoms with Crippen molar-refractivity contribution in [3.63, 3.8) is 0 Å². The zero-order valence-electron chi connectivity index (χ0n) is 9.71. The molecule has 0 saturated carbocycles. The molecular weight excluding hydrogens is 431 g/mol. The van der Waals surface area contributed by atoms with Gasteiger partial charge in [0.15, 0.2) is 23.3 Å². The summed E-state index contributed by atoms with van der Waals surface area (Å²) in [5, 5.41) is 0. The zero-order chi connectivity index (χ0) is 15.2. The van der Waals surface area contributed by atoms with Gasteiger partial charge < -0.3 is 0 Å². The van der Waals surface area contributed by atoms with Crippen LogP contribution in [0.5, 0.6) is 0 Å². The molecule has 20 heavy (non-hydrogen) atoms. The van der Waals surface area contributed by atoms with Crippen LogP contribution in [0.4, 0.5) is 22.0 Å². The summed E-state index contributed by atoms with van der Waals surface area (Å²) < 4.78 is 67.4. The van der Waals surface area contributed by atoms with Gasteiger partial charge in [-0.15, -0.1) is 11.3 Å². The second kappa shape index (κ2) is 5.73. The van der Waals surface area contributed by atoms with Gasteiger partial charge in [-0.1, -0.05) is 15.9 Å². The molecule has 1 heterocycles. The molecule has 8 heteroatoms. The fraction of sp³-hybridized carbons (Fsp3) is 0.167. The van der Waals surface area contributed by atoms with Crippen molar-refractivity contribution < 1.29 is 22.0 Å². The number of benzene rings is 1. The lowest BCUT2D eigenvalue weighted by Gasteiger charge is -2.13. The Hall–Kier alpha value is -0.470. The summed E-state index contributed by atoms with van der Waals surface area (Å²) >= 11 is 7.37. The molecule has 0 amide bonds. The summed E-state index contributed by atoms with van der Waals surface area (Å²) in [7, 11) is 0. The summed E-state index contributed by atoms with van der Waals surface area (Å²) in [5.41, 5.74) is -0.899. The molecule has 0 aliphatic rings. The van der Waals surface area contributed by atoms with Crippen molar-refractivity contribution in [2.24, 2.45) is 0 Å². The molecule has 1 aromatic heterocycles. The van der Waals surface area contributed by atoms with E-state index in [0.29, 0.717) is 9.35 Å². The number of rotatable bonds is 2. The van der Waals surface area contributed by atoms with E-state index in [-0.39, 0.29) is 0 Å². The lowest BCUT2D eigenvalue weighted by Crippen LogP contribution is -2.09. The van der Waals surface area contributed by atoms with E-state index >= 15 is 0 Å². The first-order valence-corrected chi connectivity index (χ1v) is 7.69. The molecule has 1 unspecified atom stereocenters. The molecule has 0 spiro atoms. The third kappa shape index (κ3) is 2.53. The summed E-state index contributed by atoms with van der Waals surface area (Å²) in [6.45, 7) is 1.76. The van der Waals surface area contributed by atoms with Crippen LogP contribution in [0, 0.1) is 36.0 Å². The van der Waals surface area contributed by atoms with Gasteiger partial charge in [0, 0.05) is 19.8 Å². The maximum atomic E-state index is 13.7. The molecule has 1 aromatic carbocycles. The zero-order valence-corrected chi connectivity index (χ0v) is 13.7. The van der Waals surface area contributed by atoms with Crippen LogP contribution in [0.15, 0.2) is 10.5 Å². The van der Waals surface area contributed by atoms with Crippen LogP contribution in [0.3, 0.4) is 0 Å². The minimum atomic E-state index is -2.16. The number of alkyl halides is 1. The van der Waals surface area contributed by atoms with Crippen molar-refractivity contribution in [1.82, 2.24) is 0 Å². The standard InChI is InChI=1S/C12H5Br2F5S/c1-3-2-4(13)12(20-3)6(14)5-7(15)9(17)11(19)10(18)8(5)16/h2,6H,1H3. The molecule has 0 bridgehead atoms. The van der Waals surface area contributed by atoms with Crippen LogP contribution >= 0.6 is 43.2 Å². The Labute approximate surface area is 131 Å². The molecule has 0 nitrogen and oxygen atoms in total. The van der Waals surface area contributed by atoms with E-state index in [4.69, 9.17) is 0 Å². The van der Waals surface area contributed by atoms with Crippen molar-refractivity contribution in [1.29, 1.82) is 0 Å². The smallest absolute Gasteiger partial charge is 0.200 e. The van der Waals surface area contributed by atoms with E-state index < -0.39 is 39.5 Å². The second-order valence-electron chi connectivity index (χ2n) is 3.92. The highest BCUT2D eigenvalue weighted by Gasteiger charge is 2.31. The van der Waals surface area contributed by atoms with E-state index in [2.05, 4.69) is 31.9 Å². The van der Waals surface area contributed by atoms with Gasteiger partial charge in [-0.25, -0.2) is 22.0 Å². The van der Waals surface area contributed by atoms with Gasteiger partial charge in [0.2, 0.25) is 5.82 Å². The number of aryl methyl sites for hydroxylation is 1. The lowest BCUT2D eigenvalue weighted by atomic mass is 10.1. The Kier molecular flexibility index (Phi) is 4.56. The van der Waals surface area contributed by atoms with Crippen LogP contribution in [-0.4, -0.2) is 0 Å². The Morgan fingerprint density at radius 1 is 0.950 bits per heavy atom. The molecule has 0 N–H and O–H groups in total. The SMILES string of the molecule is Cc1cc(Br)c(C(Br)c2c(F)c(F)c(F)c(F)c2F)s1. The first kappa shape index (κ1) is 15.9. The van der Waals surface area contributed by atoms with Gasteiger partial charge in [-0.2, -0.15) is 0 Å². The second-order valence-corrected chi connectivity index (χ2v) is 6.97. The maximum Gasteiger partial charge on any atom is 0.200 e.